The lowest BCUT2D eigenvalue weighted by Crippen LogP contribution is -2.49. The van der Waals surface area contributed by atoms with Crippen LogP contribution in [0.3, 0.4) is 0 Å². The predicted octanol–water partition coefficient (Wildman–Crippen LogP) is 3.29. The van der Waals surface area contributed by atoms with E-state index in [0.29, 0.717) is 5.41 Å². The minimum atomic E-state index is 0.184. The second kappa shape index (κ2) is 6.28. The molecule has 0 radical (unpaired) electrons. The van der Waals surface area contributed by atoms with Crippen LogP contribution in [0.1, 0.15) is 39.2 Å². The summed E-state index contributed by atoms with van der Waals surface area (Å²) < 4.78 is 0. The van der Waals surface area contributed by atoms with E-state index in [0.717, 1.165) is 13.1 Å². The number of benzene rings is 1. The van der Waals surface area contributed by atoms with Crippen LogP contribution in [0, 0.1) is 5.41 Å². The largest absolute Gasteiger partial charge is 0.319 e. The van der Waals surface area contributed by atoms with Crippen molar-refractivity contribution in [3.8, 4) is 0 Å². The second-order valence-electron chi connectivity index (χ2n) is 7.44. The van der Waals surface area contributed by atoms with Crippen molar-refractivity contribution >= 4 is 0 Å². The Hall–Kier alpha value is -0.860. The van der Waals surface area contributed by atoms with E-state index in [1.165, 1.54) is 31.5 Å². The molecule has 0 spiro atoms. The lowest BCUT2D eigenvalue weighted by atomic mass is 9.79. The molecule has 2 heteroatoms. The van der Waals surface area contributed by atoms with Crippen molar-refractivity contribution in [1.29, 1.82) is 0 Å². The van der Waals surface area contributed by atoms with Gasteiger partial charge in [-0.2, -0.15) is 0 Å². The molecule has 0 aliphatic carbocycles. The Labute approximate surface area is 124 Å². The van der Waals surface area contributed by atoms with Crippen LogP contribution >= 0.6 is 0 Å². The Morgan fingerprint density at radius 1 is 1.25 bits per heavy atom. The molecule has 1 heterocycles. The van der Waals surface area contributed by atoms with E-state index in [9.17, 15) is 0 Å². The first-order valence-electron chi connectivity index (χ1n) is 7.88. The number of nitrogens with one attached hydrogen (secondary N) is 1. The monoisotopic (exact) mass is 274 g/mol. The summed E-state index contributed by atoms with van der Waals surface area (Å²) in [5.74, 6) is 0. The third-order valence-corrected chi connectivity index (χ3v) is 4.59. The first-order valence-corrected chi connectivity index (χ1v) is 7.88. The maximum Gasteiger partial charge on any atom is 0.0176 e. The van der Waals surface area contributed by atoms with Gasteiger partial charge in [0.2, 0.25) is 0 Å². The molecule has 0 amide bonds. The van der Waals surface area contributed by atoms with E-state index in [4.69, 9.17) is 0 Å². The molecular formula is C18H30N2. The van der Waals surface area contributed by atoms with E-state index in [1.54, 1.807) is 0 Å². The lowest BCUT2D eigenvalue weighted by Gasteiger charge is -2.43. The van der Waals surface area contributed by atoms with Crippen LogP contribution in [0.15, 0.2) is 30.3 Å². The summed E-state index contributed by atoms with van der Waals surface area (Å²) in [5.41, 5.74) is 2.09. The highest BCUT2D eigenvalue weighted by Crippen LogP contribution is 2.31. The van der Waals surface area contributed by atoms with Gasteiger partial charge in [-0.05, 0) is 37.4 Å². The first-order chi connectivity index (χ1) is 9.45. The van der Waals surface area contributed by atoms with Crippen LogP contribution in [0.2, 0.25) is 0 Å². The predicted molar refractivity (Wildman–Crippen MR) is 87.2 cm³/mol. The van der Waals surface area contributed by atoms with E-state index in [-0.39, 0.29) is 5.41 Å². The fraction of sp³-hybridized carbons (Fsp3) is 0.667. The summed E-state index contributed by atoms with van der Waals surface area (Å²) in [6.07, 6.45) is 2.69. The van der Waals surface area contributed by atoms with Crippen molar-refractivity contribution in [2.75, 3.05) is 33.2 Å². The Morgan fingerprint density at radius 2 is 1.95 bits per heavy atom. The Bertz CT molecular complexity index is 413. The third-order valence-electron chi connectivity index (χ3n) is 4.59. The molecule has 2 nitrogen and oxygen atoms in total. The zero-order chi connectivity index (χ0) is 14.6. The highest BCUT2D eigenvalue weighted by Gasteiger charge is 2.33. The van der Waals surface area contributed by atoms with Crippen molar-refractivity contribution in [2.24, 2.45) is 5.41 Å². The molecule has 1 aliphatic heterocycles. The molecule has 20 heavy (non-hydrogen) atoms. The van der Waals surface area contributed by atoms with Gasteiger partial charge in [0.25, 0.3) is 0 Å². The van der Waals surface area contributed by atoms with Gasteiger partial charge in [0.05, 0.1) is 0 Å². The van der Waals surface area contributed by atoms with Gasteiger partial charge in [0, 0.05) is 25.0 Å². The molecule has 2 rings (SSSR count). The number of likely N-dealkylation sites (tertiary alicyclic amines) is 1. The number of hydrogen-bond acceptors (Lipinski definition) is 2. The fourth-order valence-electron chi connectivity index (χ4n) is 3.65. The van der Waals surface area contributed by atoms with Crippen LogP contribution in [0.4, 0.5) is 0 Å². The molecule has 1 aliphatic rings. The van der Waals surface area contributed by atoms with Crippen molar-refractivity contribution < 1.29 is 0 Å². The fourth-order valence-corrected chi connectivity index (χ4v) is 3.65. The number of piperidine rings is 1. The second-order valence-corrected chi connectivity index (χ2v) is 7.44. The minimum Gasteiger partial charge on any atom is -0.319 e. The van der Waals surface area contributed by atoms with E-state index >= 15 is 0 Å². The Morgan fingerprint density at radius 3 is 2.55 bits per heavy atom. The molecule has 1 aromatic carbocycles. The smallest absolute Gasteiger partial charge is 0.0176 e. The SMILES string of the molecule is CNCC(C)(CN1CCCC(C)(C)C1)c1ccccc1. The Kier molecular flexibility index (Phi) is 4.87. The van der Waals surface area contributed by atoms with Gasteiger partial charge in [-0.3, -0.25) is 0 Å². The molecule has 0 aromatic heterocycles. The average molecular weight is 274 g/mol. The Balaban J connectivity index is 2.13. The maximum absolute atomic E-state index is 3.39. The summed E-state index contributed by atoms with van der Waals surface area (Å²) in [5, 5.41) is 3.39. The highest BCUT2D eigenvalue weighted by molar-refractivity contribution is 5.25. The summed E-state index contributed by atoms with van der Waals surface area (Å²) in [6.45, 7) is 11.8. The van der Waals surface area contributed by atoms with Crippen LogP contribution in [0.5, 0.6) is 0 Å². The first kappa shape index (κ1) is 15.5. The zero-order valence-electron chi connectivity index (χ0n) is 13.6. The van der Waals surface area contributed by atoms with Gasteiger partial charge in [-0.25, -0.2) is 0 Å². The summed E-state index contributed by atoms with van der Waals surface area (Å²) >= 11 is 0. The molecule has 1 unspecified atom stereocenters. The van der Waals surface area contributed by atoms with Crippen molar-refractivity contribution in [3.05, 3.63) is 35.9 Å². The average Bonchev–Trinajstić information content (AvgIpc) is 2.39. The van der Waals surface area contributed by atoms with Crippen LogP contribution in [-0.4, -0.2) is 38.1 Å². The molecular weight excluding hydrogens is 244 g/mol. The summed E-state index contributed by atoms with van der Waals surface area (Å²) in [6, 6.07) is 11.0. The quantitative estimate of drug-likeness (QED) is 0.886. The topological polar surface area (TPSA) is 15.3 Å². The maximum atomic E-state index is 3.39. The van der Waals surface area contributed by atoms with Crippen LogP contribution in [-0.2, 0) is 5.41 Å². The van der Waals surface area contributed by atoms with Crippen LogP contribution in [0.25, 0.3) is 0 Å². The molecule has 0 bridgehead atoms. The lowest BCUT2D eigenvalue weighted by molar-refractivity contribution is 0.0959. The molecule has 1 saturated heterocycles. The number of nitrogens with zero attached hydrogens (tertiary/aromatic N) is 1. The minimum absolute atomic E-state index is 0.184. The van der Waals surface area contributed by atoms with Gasteiger partial charge in [-0.1, -0.05) is 51.1 Å². The molecule has 112 valence electrons. The zero-order valence-corrected chi connectivity index (χ0v) is 13.6. The number of hydrogen-bond donors (Lipinski definition) is 1. The molecule has 1 aromatic rings. The number of rotatable bonds is 5. The summed E-state index contributed by atoms with van der Waals surface area (Å²) in [4.78, 5) is 2.66. The number of likely N-dealkylation sites (N-methyl/N-ethyl adjacent to an activating group) is 1. The van der Waals surface area contributed by atoms with Crippen LogP contribution < -0.4 is 5.32 Å². The molecule has 0 saturated carbocycles. The van der Waals surface area contributed by atoms with E-state index in [2.05, 4.69) is 68.4 Å². The molecule has 1 fully saturated rings. The molecule has 1 N–H and O–H groups in total. The van der Waals surface area contributed by atoms with Crippen molar-refractivity contribution in [1.82, 2.24) is 10.2 Å². The van der Waals surface area contributed by atoms with Gasteiger partial charge in [-0.15, -0.1) is 0 Å². The van der Waals surface area contributed by atoms with E-state index in [1.807, 2.05) is 0 Å². The summed E-state index contributed by atoms with van der Waals surface area (Å²) in [7, 11) is 2.06. The standard InChI is InChI=1S/C18H30N2/c1-17(2)11-8-12-20(14-17)15-18(3,13-19-4)16-9-6-5-7-10-16/h5-7,9-10,19H,8,11-15H2,1-4H3. The van der Waals surface area contributed by atoms with Gasteiger partial charge in [0.1, 0.15) is 0 Å². The third kappa shape index (κ3) is 3.83. The van der Waals surface area contributed by atoms with Crippen molar-refractivity contribution in [3.63, 3.8) is 0 Å². The van der Waals surface area contributed by atoms with E-state index < -0.39 is 0 Å². The normalized spacial score (nSPS) is 22.4. The van der Waals surface area contributed by atoms with Crippen molar-refractivity contribution in [2.45, 2.75) is 39.0 Å². The highest BCUT2D eigenvalue weighted by atomic mass is 15.1. The van der Waals surface area contributed by atoms with Gasteiger partial charge < -0.3 is 10.2 Å². The van der Waals surface area contributed by atoms with Gasteiger partial charge in [0.15, 0.2) is 0 Å². The molecule has 1 atom stereocenters. The van der Waals surface area contributed by atoms with Gasteiger partial charge >= 0.3 is 0 Å².